The molecule has 1 heterocycles. The number of amidine groups is 1. The fraction of sp³-hybridized carbons (Fsp3) is 0.0588. The van der Waals surface area contributed by atoms with Crippen molar-refractivity contribution in [2.45, 2.75) is 0 Å². The van der Waals surface area contributed by atoms with E-state index in [1.807, 2.05) is 18.2 Å². The lowest BCUT2D eigenvalue weighted by molar-refractivity contribution is -0.115. The average molecular weight is 296 g/mol. The van der Waals surface area contributed by atoms with E-state index in [2.05, 4.69) is 10.3 Å². The molecule has 0 spiro atoms. The highest BCUT2D eigenvalue weighted by molar-refractivity contribution is 6.19. The van der Waals surface area contributed by atoms with Crippen LogP contribution in [0.2, 0.25) is 0 Å². The van der Waals surface area contributed by atoms with Crippen LogP contribution < -0.4 is 10.1 Å². The third-order valence-electron chi connectivity index (χ3n) is 3.26. The molecule has 4 nitrogen and oxygen atoms in total. The molecule has 0 unspecified atom stereocenters. The van der Waals surface area contributed by atoms with Crippen LogP contribution in [-0.2, 0) is 4.79 Å². The van der Waals surface area contributed by atoms with Crippen molar-refractivity contribution in [2.75, 3.05) is 7.11 Å². The summed E-state index contributed by atoms with van der Waals surface area (Å²) in [5.41, 5.74) is 1.20. The number of para-hydroxylation sites is 1. The first kappa shape index (κ1) is 14.0. The maximum absolute atomic E-state index is 13.8. The summed E-state index contributed by atoms with van der Waals surface area (Å²) in [7, 11) is 1.56. The Morgan fingerprint density at radius 1 is 1.14 bits per heavy atom. The van der Waals surface area contributed by atoms with Crippen LogP contribution in [0.25, 0.3) is 6.08 Å². The minimum atomic E-state index is -0.430. The number of nitrogens with zero attached hydrogens (tertiary/aromatic N) is 1. The Bertz CT molecular complexity index is 797. The molecule has 0 aliphatic carbocycles. The molecule has 5 heteroatoms. The van der Waals surface area contributed by atoms with Gasteiger partial charge in [-0.2, -0.15) is 0 Å². The van der Waals surface area contributed by atoms with Gasteiger partial charge in [-0.15, -0.1) is 0 Å². The normalized spacial score (nSPS) is 15.6. The number of halogens is 1. The highest BCUT2D eigenvalue weighted by Crippen LogP contribution is 2.23. The Morgan fingerprint density at radius 2 is 1.86 bits per heavy atom. The van der Waals surface area contributed by atoms with Gasteiger partial charge < -0.3 is 10.1 Å². The van der Waals surface area contributed by atoms with Gasteiger partial charge >= 0.3 is 0 Å². The van der Waals surface area contributed by atoms with Crippen LogP contribution in [0.5, 0.6) is 5.75 Å². The molecule has 3 rings (SSSR count). The molecule has 0 bridgehead atoms. The molecule has 2 aromatic carbocycles. The fourth-order valence-corrected chi connectivity index (χ4v) is 2.18. The van der Waals surface area contributed by atoms with Gasteiger partial charge in [0.1, 0.15) is 23.1 Å². The van der Waals surface area contributed by atoms with E-state index in [0.717, 1.165) is 5.56 Å². The van der Waals surface area contributed by atoms with Crippen molar-refractivity contribution in [3.63, 3.8) is 0 Å². The van der Waals surface area contributed by atoms with Gasteiger partial charge in [0.05, 0.1) is 12.7 Å². The standard InChI is InChI=1S/C17H13FN2O2/c1-22-15-9-5-2-6-11(15)10-14-17(21)20-16(19-14)12-7-3-4-8-13(12)18/h2-10H,1H3,(H,19,20,21)/b14-10-. The summed E-state index contributed by atoms with van der Waals surface area (Å²) in [6.07, 6.45) is 1.61. The van der Waals surface area contributed by atoms with Gasteiger partial charge in [-0.1, -0.05) is 30.3 Å². The number of hydrogen-bond acceptors (Lipinski definition) is 3. The summed E-state index contributed by atoms with van der Waals surface area (Å²) in [6.45, 7) is 0. The maximum atomic E-state index is 13.8. The summed E-state index contributed by atoms with van der Waals surface area (Å²) < 4.78 is 19.0. The quantitative estimate of drug-likeness (QED) is 0.885. The topological polar surface area (TPSA) is 50.7 Å². The average Bonchev–Trinajstić information content (AvgIpc) is 2.89. The molecule has 110 valence electrons. The van der Waals surface area contributed by atoms with Gasteiger partial charge in [-0.25, -0.2) is 9.38 Å². The van der Waals surface area contributed by atoms with Crippen LogP contribution in [-0.4, -0.2) is 18.9 Å². The van der Waals surface area contributed by atoms with Crippen LogP contribution in [0.1, 0.15) is 11.1 Å². The smallest absolute Gasteiger partial charge is 0.275 e. The Labute approximate surface area is 127 Å². The van der Waals surface area contributed by atoms with Crippen molar-refractivity contribution in [3.05, 3.63) is 71.2 Å². The molecule has 1 amide bonds. The highest BCUT2D eigenvalue weighted by Gasteiger charge is 2.23. The van der Waals surface area contributed by atoms with E-state index in [0.29, 0.717) is 5.75 Å². The lowest BCUT2D eigenvalue weighted by Crippen LogP contribution is -2.25. The number of hydrogen-bond donors (Lipinski definition) is 1. The number of benzene rings is 2. The second-order valence-electron chi connectivity index (χ2n) is 4.67. The summed E-state index contributed by atoms with van der Waals surface area (Å²) in [5.74, 6) is 0.0471. The molecule has 22 heavy (non-hydrogen) atoms. The summed E-state index contributed by atoms with van der Waals surface area (Å²) in [5, 5.41) is 2.58. The molecule has 1 aliphatic rings. The van der Waals surface area contributed by atoms with E-state index in [9.17, 15) is 9.18 Å². The van der Waals surface area contributed by atoms with Crippen LogP contribution in [0.15, 0.2) is 59.2 Å². The number of nitrogens with one attached hydrogen (secondary N) is 1. The first-order chi connectivity index (χ1) is 10.7. The van der Waals surface area contributed by atoms with Crippen molar-refractivity contribution >= 4 is 17.8 Å². The van der Waals surface area contributed by atoms with Crippen molar-refractivity contribution in [1.29, 1.82) is 0 Å². The van der Waals surface area contributed by atoms with Crippen molar-refractivity contribution in [1.82, 2.24) is 5.32 Å². The van der Waals surface area contributed by atoms with Crippen LogP contribution >= 0.6 is 0 Å². The number of amides is 1. The molecular weight excluding hydrogens is 283 g/mol. The van der Waals surface area contributed by atoms with Crippen LogP contribution in [0.3, 0.4) is 0 Å². The van der Waals surface area contributed by atoms with E-state index in [-0.39, 0.29) is 23.0 Å². The van der Waals surface area contributed by atoms with Crippen molar-refractivity contribution in [3.8, 4) is 5.75 Å². The molecule has 2 aromatic rings. The Morgan fingerprint density at radius 3 is 2.64 bits per heavy atom. The third-order valence-corrected chi connectivity index (χ3v) is 3.26. The second-order valence-corrected chi connectivity index (χ2v) is 4.67. The van der Waals surface area contributed by atoms with E-state index >= 15 is 0 Å². The molecule has 1 N–H and O–H groups in total. The molecule has 0 atom stereocenters. The second kappa shape index (κ2) is 5.81. The van der Waals surface area contributed by atoms with E-state index in [1.54, 1.807) is 37.5 Å². The number of methoxy groups -OCH3 is 1. The number of ether oxygens (including phenoxy) is 1. The van der Waals surface area contributed by atoms with Crippen LogP contribution in [0, 0.1) is 5.82 Å². The Kier molecular flexibility index (Phi) is 3.70. The zero-order chi connectivity index (χ0) is 15.5. The fourth-order valence-electron chi connectivity index (χ4n) is 2.18. The predicted molar refractivity (Wildman–Crippen MR) is 82.1 cm³/mol. The Balaban J connectivity index is 2.00. The summed E-state index contributed by atoms with van der Waals surface area (Å²) in [6, 6.07) is 13.5. The summed E-state index contributed by atoms with van der Waals surface area (Å²) >= 11 is 0. The molecule has 0 fully saturated rings. The van der Waals surface area contributed by atoms with E-state index in [1.165, 1.54) is 6.07 Å². The van der Waals surface area contributed by atoms with Gasteiger partial charge in [0.25, 0.3) is 5.91 Å². The monoisotopic (exact) mass is 296 g/mol. The van der Waals surface area contributed by atoms with Gasteiger partial charge in [-0.3, -0.25) is 4.79 Å². The number of carbonyl (C=O) groups excluding carboxylic acids is 1. The third kappa shape index (κ3) is 2.61. The van der Waals surface area contributed by atoms with Crippen molar-refractivity contribution in [2.24, 2.45) is 4.99 Å². The van der Waals surface area contributed by atoms with Gasteiger partial charge in [0, 0.05) is 5.56 Å². The van der Waals surface area contributed by atoms with E-state index in [4.69, 9.17) is 4.74 Å². The predicted octanol–water partition coefficient (Wildman–Crippen LogP) is 2.75. The zero-order valence-corrected chi connectivity index (χ0v) is 11.8. The highest BCUT2D eigenvalue weighted by atomic mass is 19.1. The molecule has 0 radical (unpaired) electrons. The molecule has 1 aliphatic heterocycles. The lowest BCUT2D eigenvalue weighted by Gasteiger charge is -2.03. The number of carbonyl (C=O) groups is 1. The first-order valence-electron chi connectivity index (χ1n) is 6.68. The van der Waals surface area contributed by atoms with E-state index < -0.39 is 5.82 Å². The van der Waals surface area contributed by atoms with Gasteiger partial charge in [0.15, 0.2) is 0 Å². The van der Waals surface area contributed by atoms with Crippen LogP contribution in [0.4, 0.5) is 4.39 Å². The van der Waals surface area contributed by atoms with Crippen molar-refractivity contribution < 1.29 is 13.9 Å². The van der Waals surface area contributed by atoms with Gasteiger partial charge in [-0.05, 0) is 24.3 Å². The maximum Gasteiger partial charge on any atom is 0.275 e. The lowest BCUT2D eigenvalue weighted by atomic mass is 10.1. The molecule has 0 saturated carbocycles. The minimum absolute atomic E-state index is 0.211. The number of aliphatic imine (C=N–C) groups is 1. The van der Waals surface area contributed by atoms with Gasteiger partial charge in [0.2, 0.25) is 0 Å². The summed E-state index contributed by atoms with van der Waals surface area (Å²) in [4.78, 5) is 16.2. The molecular formula is C17H13FN2O2. The molecule has 0 saturated heterocycles. The molecule has 0 aromatic heterocycles. The first-order valence-corrected chi connectivity index (χ1v) is 6.68. The SMILES string of the molecule is COc1ccccc1/C=C1\N=C(c2ccccc2F)NC1=O. The Hall–Kier alpha value is -2.95. The minimum Gasteiger partial charge on any atom is -0.496 e. The zero-order valence-electron chi connectivity index (χ0n) is 11.8. The largest absolute Gasteiger partial charge is 0.496 e. The number of rotatable bonds is 3.